The summed E-state index contributed by atoms with van der Waals surface area (Å²) in [6.45, 7) is 4.56. The number of carbonyl (C=O) groups is 3. The smallest absolute Gasteiger partial charge is 0.325 e. The standard InChI is InChI=1S/C27H37FN4O3/c1-3-15-27(25(34)32(26(35)29-27)19-14-22-8-6-16-30(22)2)21-12-17-31(18-13-21)24(33)11-10-20-7-4-5-9-23(20)28/h4-5,7,9-11,21-22H,3,6,8,12-19H2,1-2H3,(H,29,35)/b11-10+. The molecule has 0 saturated carbocycles. The molecule has 4 rings (SSSR count). The van der Waals surface area contributed by atoms with Gasteiger partial charge in [-0.25, -0.2) is 9.18 Å². The molecule has 7 nitrogen and oxygen atoms in total. The summed E-state index contributed by atoms with van der Waals surface area (Å²) in [6, 6.07) is 6.48. The number of nitrogens with zero attached hydrogens (tertiary/aromatic N) is 3. The summed E-state index contributed by atoms with van der Waals surface area (Å²) in [5.74, 6) is -0.649. The highest BCUT2D eigenvalue weighted by Crippen LogP contribution is 2.37. The average Bonchev–Trinajstić information content (AvgIpc) is 3.37. The van der Waals surface area contributed by atoms with Gasteiger partial charge in [-0.3, -0.25) is 14.5 Å². The van der Waals surface area contributed by atoms with E-state index >= 15 is 0 Å². The SMILES string of the molecule is CCCC1(C2CCN(C(=O)/C=C/c3ccccc3F)CC2)NC(=O)N(CCC2CCCN2C)C1=O. The molecule has 0 radical (unpaired) electrons. The lowest BCUT2D eigenvalue weighted by Gasteiger charge is -2.40. The molecular formula is C27H37FN4O3. The first-order chi connectivity index (χ1) is 16.9. The summed E-state index contributed by atoms with van der Waals surface area (Å²) in [5.41, 5.74) is -0.508. The normalized spacial score (nSPS) is 26.2. The molecule has 3 aliphatic heterocycles. The highest BCUT2D eigenvalue weighted by molar-refractivity contribution is 6.07. The van der Waals surface area contributed by atoms with E-state index in [1.807, 2.05) is 6.92 Å². The van der Waals surface area contributed by atoms with Crippen molar-refractivity contribution in [3.63, 3.8) is 0 Å². The fourth-order valence-corrected chi connectivity index (χ4v) is 5.98. The van der Waals surface area contributed by atoms with Crippen LogP contribution in [0.4, 0.5) is 9.18 Å². The Labute approximate surface area is 207 Å². The summed E-state index contributed by atoms with van der Waals surface area (Å²) in [6.07, 6.45) is 8.66. The fraction of sp³-hybridized carbons (Fsp3) is 0.593. The molecule has 1 N–H and O–H groups in total. The van der Waals surface area contributed by atoms with E-state index in [0.29, 0.717) is 50.5 Å². The van der Waals surface area contributed by atoms with Crippen molar-refractivity contribution < 1.29 is 18.8 Å². The molecule has 3 heterocycles. The zero-order valence-electron chi connectivity index (χ0n) is 20.8. The first-order valence-corrected chi connectivity index (χ1v) is 12.9. The van der Waals surface area contributed by atoms with Gasteiger partial charge in [-0.2, -0.15) is 0 Å². The predicted octanol–water partition coefficient (Wildman–Crippen LogP) is 3.65. The third-order valence-corrected chi connectivity index (χ3v) is 8.02. The van der Waals surface area contributed by atoms with Crippen LogP contribution in [-0.2, 0) is 9.59 Å². The molecule has 0 aromatic heterocycles. The maximum atomic E-state index is 13.8. The number of halogens is 1. The molecule has 0 aliphatic carbocycles. The third-order valence-electron chi connectivity index (χ3n) is 8.02. The Hall–Kier alpha value is -2.74. The van der Waals surface area contributed by atoms with Crippen LogP contribution >= 0.6 is 0 Å². The second-order valence-corrected chi connectivity index (χ2v) is 10.1. The molecule has 1 aromatic rings. The van der Waals surface area contributed by atoms with Crippen LogP contribution in [0.2, 0.25) is 0 Å². The van der Waals surface area contributed by atoms with Gasteiger partial charge in [0.2, 0.25) is 5.91 Å². The van der Waals surface area contributed by atoms with E-state index in [2.05, 4.69) is 17.3 Å². The molecule has 35 heavy (non-hydrogen) atoms. The number of likely N-dealkylation sites (tertiary alicyclic amines) is 2. The molecule has 1 aromatic carbocycles. The minimum Gasteiger partial charge on any atom is -0.339 e. The van der Waals surface area contributed by atoms with Crippen LogP contribution in [0.5, 0.6) is 0 Å². The molecule has 3 fully saturated rings. The molecule has 2 atom stereocenters. The summed E-state index contributed by atoms with van der Waals surface area (Å²) in [4.78, 5) is 44.7. The Morgan fingerprint density at radius 2 is 1.91 bits per heavy atom. The van der Waals surface area contributed by atoms with Crippen LogP contribution in [0.3, 0.4) is 0 Å². The highest BCUT2D eigenvalue weighted by atomic mass is 19.1. The number of amides is 4. The Morgan fingerprint density at radius 3 is 2.57 bits per heavy atom. The number of nitrogens with one attached hydrogen (secondary N) is 1. The monoisotopic (exact) mass is 484 g/mol. The van der Waals surface area contributed by atoms with E-state index < -0.39 is 5.54 Å². The largest absolute Gasteiger partial charge is 0.339 e. The first kappa shape index (κ1) is 25.4. The minimum atomic E-state index is -0.883. The van der Waals surface area contributed by atoms with Gasteiger partial charge in [0.1, 0.15) is 11.4 Å². The van der Waals surface area contributed by atoms with Crippen molar-refractivity contribution in [3.8, 4) is 0 Å². The number of rotatable bonds is 8. The Morgan fingerprint density at radius 1 is 1.17 bits per heavy atom. The lowest BCUT2D eigenvalue weighted by Crippen LogP contribution is -2.56. The van der Waals surface area contributed by atoms with Crippen molar-refractivity contribution in [2.45, 2.75) is 63.5 Å². The number of hydrogen-bond donors (Lipinski definition) is 1. The van der Waals surface area contributed by atoms with Crippen molar-refractivity contribution in [2.24, 2.45) is 5.92 Å². The lowest BCUT2D eigenvalue weighted by molar-refractivity contribution is -0.135. The lowest BCUT2D eigenvalue weighted by atomic mass is 9.74. The van der Waals surface area contributed by atoms with Gasteiger partial charge in [-0.05, 0) is 70.2 Å². The van der Waals surface area contributed by atoms with E-state index in [9.17, 15) is 18.8 Å². The van der Waals surface area contributed by atoms with E-state index in [1.54, 1.807) is 23.1 Å². The van der Waals surface area contributed by atoms with Gasteiger partial charge in [0, 0.05) is 37.3 Å². The molecule has 3 aliphatic rings. The van der Waals surface area contributed by atoms with Crippen LogP contribution in [0.25, 0.3) is 6.08 Å². The number of carbonyl (C=O) groups excluding carboxylic acids is 3. The Bertz CT molecular complexity index is 975. The van der Waals surface area contributed by atoms with Gasteiger partial charge < -0.3 is 15.1 Å². The molecular weight excluding hydrogens is 447 g/mol. The second kappa shape index (κ2) is 10.9. The zero-order chi connectivity index (χ0) is 25.0. The Kier molecular flexibility index (Phi) is 7.89. The first-order valence-electron chi connectivity index (χ1n) is 12.9. The van der Waals surface area contributed by atoms with Crippen molar-refractivity contribution in [3.05, 3.63) is 41.7 Å². The Balaban J connectivity index is 1.38. The molecule has 0 spiro atoms. The van der Waals surface area contributed by atoms with Crippen molar-refractivity contribution in [1.29, 1.82) is 0 Å². The molecule has 3 saturated heterocycles. The topological polar surface area (TPSA) is 73.0 Å². The van der Waals surface area contributed by atoms with Crippen LogP contribution in [0.15, 0.2) is 30.3 Å². The average molecular weight is 485 g/mol. The van der Waals surface area contributed by atoms with E-state index in [-0.39, 0.29) is 29.6 Å². The van der Waals surface area contributed by atoms with Crippen LogP contribution in [0, 0.1) is 11.7 Å². The van der Waals surface area contributed by atoms with Gasteiger partial charge in [0.25, 0.3) is 5.91 Å². The molecule has 0 bridgehead atoms. The second-order valence-electron chi connectivity index (χ2n) is 10.1. The van der Waals surface area contributed by atoms with Gasteiger partial charge in [-0.15, -0.1) is 0 Å². The number of imide groups is 1. The highest BCUT2D eigenvalue weighted by Gasteiger charge is 2.55. The summed E-state index contributed by atoms with van der Waals surface area (Å²) < 4.78 is 13.8. The van der Waals surface area contributed by atoms with Crippen LogP contribution in [-0.4, -0.2) is 77.4 Å². The summed E-state index contributed by atoms with van der Waals surface area (Å²) >= 11 is 0. The van der Waals surface area contributed by atoms with E-state index in [0.717, 1.165) is 32.2 Å². The maximum absolute atomic E-state index is 13.8. The van der Waals surface area contributed by atoms with Crippen molar-refractivity contribution in [2.75, 3.05) is 33.2 Å². The van der Waals surface area contributed by atoms with E-state index in [4.69, 9.17) is 0 Å². The van der Waals surface area contributed by atoms with Gasteiger partial charge in [0.05, 0.1) is 0 Å². The quantitative estimate of drug-likeness (QED) is 0.452. The summed E-state index contributed by atoms with van der Waals surface area (Å²) in [7, 11) is 2.10. The van der Waals surface area contributed by atoms with Gasteiger partial charge in [0.15, 0.2) is 0 Å². The van der Waals surface area contributed by atoms with Crippen LogP contribution < -0.4 is 5.32 Å². The predicted molar refractivity (Wildman–Crippen MR) is 133 cm³/mol. The van der Waals surface area contributed by atoms with Gasteiger partial charge in [-0.1, -0.05) is 31.5 Å². The van der Waals surface area contributed by atoms with Crippen molar-refractivity contribution in [1.82, 2.24) is 20.0 Å². The number of urea groups is 1. The number of hydrogen-bond acceptors (Lipinski definition) is 4. The van der Waals surface area contributed by atoms with Crippen LogP contribution in [0.1, 0.15) is 57.4 Å². The number of benzene rings is 1. The molecule has 8 heteroatoms. The minimum absolute atomic E-state index is 0.0161. The number of piperidine rings is 1. The van der Waals surface area contributed by atoms with Gasteiger partial charge >= 0.3 is 6.03 Å². The molecule has 190 valence electrons. The zero-order valence-corrected chi connectivity index (χ0v) is 20.8. The summed E-state index contributed by atoms with van der Waals surface area (Å²) in [5, 5.41) is 3.09. The maximum Gasteiger partial charge on any atom is 0.325 e. The third kappa shape index (κ3) is 5.27. The van der Waals surface area contributed by atoms with E-state index in [1.165, 1.54) is 23.1 Å². The fourth-order valence-electron chi connectivity index (χ4n) is 5.98. The molecule has 2 unspecified atom stereocenters. The van der Waals surface area contributed by atoms with Crippen molar-refractivity contribution >= 4 is 23.9 Å². The molecule has 4 amide bonds.